The molecule has 14 heavy (non-hydrogen) atoms. The van der Waals surface area contributed by atoms with Gasteiger partial charge >= 0.3 is 0 Å². The fourth-order valence-corrected chi connectivity index (χ4v) is 3.79. The van der Waals surface area contributed by atoms with Gasteiger partial charge in [-0.1, -0.05) is 0 Å². The van der Waals surface area contributed by atoms with Crippen molar-refractivity contribution in [3.8, 4) is 0 Å². The summed E-state index contributed by atoms with van der Waals surface area (Å²) in [7, 11) is 0. The quantitative estimate of drug-likeness (QED) is 0.501. The minimum absolute atomic E-state index is 0.0658. The monoisotopic (exact) mass is 194 g/mol. The number of hydrogen-bond donors (Lipinski definition) is 0. The van der Waals surface area contributed by atoms with E-state index in [2.05, 4.69) is 0 Å². The van der Waals surface area contributed by atoms with E-state index in [1.165, 1.54) is 0 Å². The molecule has 5 fully saturated rings. The molecule has 0 N–H and O–H groups in total. The summed E-state index contributed by atoms with van der Waals surface area (Å²) < 4.78 is 16.8. The third-order valence-electron chi connectivity index (χ3n) is 4.56. The third-order valence-corrected chi connectivity index (χ3v) is 4.56. The van der Waals surface area contributed by atoms with Crippen LogP contribution in [0.4, 0.5) is 0 Å². The number of rotatable bonds is 0. The molecule has 0 aromatic rings. The molecule has 0 aromatic heterocycles. The van der Waals surface area contributed by atoms with E-state index >= 15 is 0 Å². The number of Topliss-reactive ketones (excluding diaryl/α,β-unsaturated/α-hetero) is 1. The van der Waals surface area contributed by atoms with Crippen LogP contribution in [0.2, 0.25) is 0 Å². The van der Waals surface area contributed by atoms with Gasteiger partial charge in [-0.2, -0.15) is 0 Å². The first-order valence-corrected chi connectivity index (χ1v) is 5.35. The molecule has 0 radical (unpaired) electrons. The SMILES string of the molecule is O=C1C2OC2C2OC23CCCC2OC123. The summed E-state index contributed by atoms with van der Waals surface area (Å²) in [5.41, 5.74) is -0.821. The molecular formula is C10H10O4. The molecule has 5 aliphatic rings. The highest BCUT2D eigenvalue weighted by Crippen LogP contribution is 2.71. The highest BCUT2D eigenvalue weighted by molar-refractivity contribution is 6.00. The van der Waals surface area contributed by atoms with Gasteiger partial charge < -0.3 is 14.2 Å². The zero-order chi connectivity index (χ0) is 9.13. The van der Waals surface area contributed by atoms with Crippen molar-refractivity contribution in [3.05, 3.63) is 0 Å². The highest BCUT2D eigenvalue weighted by atomic mass is 16.7. The molecule has 3 saturated heterocycles. The van der Waals surface area contributed by atoms with Crippen LogP contribution in [-0.2, 0) is 19.0 Å². The van der Waals surface area contributed by atoms with Gasteiger partial charge in [-0.05, 0) is 19.3 Å². The molecule has 0 aromatic carbocycles. The second-order valence-electron chi connectivity index (χ2n) is 5.05. The van der Waals surface area contributed by atoms with Crippen LogP contribution in [0.5, 0.6) is 0 Å². The van der Waals surface area contributed by atoms with Crippen LogP contribution >= 0.6 is 0 Å². The largest absolute Gasteiger partial charge is 0.359 e. The van der Waals surface area contributed by atoms with Gasteiger partial charge in [0.25, 0.3) is 0 Å². The van der Waals surface area contributed by atoms with Gasteiger partial charge in [-0.15, -0.1) is 0 Å². The Morgan fingerprint density at radius 3 is 3.21 bits per heavy atom. The van der Waals surface area contributed by atoms with Crippen LogP contribution in [0, 0.1) is 0 Å². The van der Waals surface area contributed by atoms with Crippen molar-refractivity contribution >= 4 is 5.78 Å². The zero-order valence-corrected chi connectivity index (χ0v) is 7.56. The summed E-state index contributed by atoms with van der Waals surface area (Å²) in [5.74, 6) is 0.168. The van der Waals surface area contributed by atoms with Crippen LogP contribution in [0.15, 0.2) is 0 Å². The predicted molar refractivity (Wildman–Crippen MR) is 42.7 cm³/mol. The van der Waals surface area contributed by atoms with Crippen LogP contribution < -0.4 is 0 Å². The van der Waals surface area contributed by atoms with E-state index in [4.69, 9.17) is 14.2 Å². The molecule has 3 heterocycles. The number of fused-ring (bicyclic) bond motifs is 2. The van der Waals surface area contributed by atoms with Gasteiger partial charge in [-0.3, -0.25) is 4.79 Å². The molecule has 4 heteroatoms. The highest BCUT2D eigenvalue weighted by Gasteiger charge is 2.92. The topological polar surface area (TPSA) is 54.7 Å². The lowest BCUT2D eigenvalue weighted by Crippen LogP contribution is -2.53. The molecule has 2 saturated carbocycles. The third kappa shape index (κ3) is 0.448. The maximum Gasteiger partial charge on any atom is 0.201 e. The Labute approximate surface area is 80.5 Å². The van der Waals surface area contributed by atoms with Crippen LogP contribution in [-0.4, -0.2) is 41.4 Å². The van der Waals surface area contributed by atoms with Crippen molar-refractivity contribution in [2.75, 3.05) is 0 Å². The number of epoxide rings is 3. The molecular weight excluding hydrogens is 184 g/mol. The van der Waals surface area contributed by atoms with E-state index in [1.807, 2.05) is 0 Å². The Hall–Kier alpha value is -0.450. The molecule has 4 nitrogen and oxygen atoms in total. The second kappa shape index (κ2) is 1.58. The summed E-state index contributed by atoms with van der Waals surface area (Å²) in [4.78, 5) is 12.1. The molecule has 0 bridgehead atoms. The molecule has 2 spiro atoms. The lowest BCUT2D eigenvalue weighted by Gasteiger charge is -2.25. The molecule has 3 aliphatic heterocycles. The maximum atomic E-state index is 12.1. The average Bonchev–Trinajstić information content (AvgIpc) is 3.04. The Bertz CT molecular complexity index is 380. The predicted octanol–water partition coefficient (Wildman–Crippen LogP) is -0.204. The van der Waals surface area contributed by atoms with Gasteiger partial charge in [0.2, 0.25) is 5.78 Å². The lowest BCUT2D eigenvalue weighted by molar-refractivity contribution is -0.128. The summed E-state index contributed by atoms with van der Waals surface area (Å²) >= 11 is 0. The van der Waals surface area contributed by atoms with E-state index in [-0.39, 0.29) is 35.8 Å². The Kier molecular flexibility index (Phi) is 0.782. The molecule has 2 aliphatic carbocycles. The number of carbonyl (C=O) groups excluding carboxylic acids is 1. The van der Waals surface area contributed by atoms with E-state index in [0.29, 0.717) is 0 Å². The fraction of sp³-hybridized carbons (Fsp3) is 0.900. The standard InChI is InChI=1S/C10H10O4/c11-7-5-6(12-5)8-9(14-8)3-1-2-4-10(7,9)13-4/h4-6,8H,1-3H2. The van der Waals surface area contributed by atoms with Crippen molar-refractivity contribution in [2.45, 2.75) is 54.9 Å². The van der Waals surface area contributed by atoms with Gasteiger partial charge in [0, 0.05) is 0 Å². The Morgan fingerprint density at radius 2 is 2.29 bits per heavy atom. The van der Waals surface area contributed by atoms with E-state index in [1.54, 1.807) is 0 Å². The summed E-state index contributed by atoms with van der Waals surface area (Å²) in [6, 6.07) is 0. The van der Waals surface area contributed by atoms with Gasteiger partial charge in [-0.25, -0.2) is 0 Å². The smallest absolute Gasteiger partial charge is 0.201 e. The second-order valence-corrected chi connectivity index (χ2v) is 5.05. The van der Waals surface area contributed by atoms with E-state index in [0.717, 1.165) is 19.3 Å². The average molecular weight is 194 g/mol. The number of carbonyl (C=O) groups is 1. The minimum Gasteiger partial charge on any atom is -0.359 e. The first-order chi connectivity index (χ1) is 6.80. The Balaban J connectivity index is 1.72. The number of ketones is 1. The van der Waals surface area contributed by atoms with Crippen LogP contribution in [0.3, 0.4) is 0 Å². The molecule has 5 rings (SSSR count). The summed E-state index contributed by atoms with van der Waals surface area (Å²) in [6.45, 7) is 0. The number of ether oxygens (including phenoxy) is 3. The number of hydrogen-bond acceptors (Lipinski definition) is 4. The fourth-order valence-electron chi connectivity index (χ4n) is 3.79. The summed E-state index contributed by atoms with van der Waals surface area (Å²) in [5, 5.41) is 0. The maximum absolute atomic E-state index is 12.1. The van der Waals surface area contributed by atoms with Crippen molar-refractivity contribution in [1.82, 2.24) is 0 Å². The van der Waals surface area contributed by atoms with Crippen molar-refractivity contribution in [3.63, 3.8) is 0 Å². The van der Waals surface area contributed by atoms with Crippen LogP contribution in [0.1, 0.15) is 19.3 Å². The normalized spacial score (nSPS) is 71.3. The summed E-state index contributed by atoms with van der Waals surface area (Å²) in [6.07, 6.45) is 3.28. The minimum atomic E-state index is -0.562. The molecule has 6 unspecified atom stereocenters. The van der Waals surface area contributed by atoms with Gasteiger partial charge in [0.1, 0.15) is 23.9 Å². The van der Waals surface area contributed by atoms with Gasteiger partial charge in [0.15, 0.2) is 5.60 Å². The van der Waals surface area contributed by atoms with Crippen molar-refractivity contribution in [2.24, 2.45) is 0 Å². The van der Waals surface area contributed by atoms with E-state index < -0.39 is 5.60 Å². The molecule has 6 atom stereocenters. The van der Waals surface area contributed by atoms with Crippen LogP contribution in [0.25, 0.3) is 0 Å². The van der Waals surface area contributed by atoms with Crippen molar-refractivity contribution < 1.29 is 19.0 Å². The molecule has 74 valence electrons. The van der Waals surface area contributed by atoms with Gasteiger partial charge in [0.05, 0.1) is 6.10 Å². The van der Waals surface area contributed by atoms with E-state index in [9.17, 15) is 4.79 Å². The first-order valence-electron chi connectivity index (χ1n) is 5.35. The molecule has 0 amide bonds. The van der Waals surface area contributed by atoms with Crippen molar-refractivity contribution in [1.29, 1.82) is 0 Å². The lowest BCUT2D eigenvalue weighted by atomic mass is 9.69. The Morgan fingerprint density at radius 1 is 1.36 bits per heavy atom. The first kappa shape index (κ1) is 6.93. The zero-order valence-electron chi connectivity index (χ0n) is 7.56.